The highest BCUT2D eigenvalue weighted by Gasteiger charge is 2.11. The van der Waals surface area contributed by atoms with E-state index in [9.17, 15) is 8.78 Å². The molecule has 9 heteroatoms. The van der Waals surface area contributed by atoms with Crippen LogP contribution in [-0.2, 0) is 13.1 Å². The predicted molar refractivity (Wildman–Crippen MR) is 115 cm³/mol. The first-order chi connectivity index (χ1) is 15.1. The first kappa shape index (κ1) is 22.1. The van der Waals surface area contributed by atoms with Crippen molar-refractivity contribution < 1.29 is 18.3 Å². The minimum absolute atomic E-state index is 0.0689. The van der Waals surface area contributed by atoms with Crippen LogP contribution in [0.4, 0.5) is 8.78 Å². The standard InChI is InChI=1S/C22H25F2N5O2/c1-3-25-22(26-14-16-7-4-5-8-19(16)29-12-6-11-28-29)27-15-17-13-18(30-2)9-10-20(17)31-21(23)24/h4-13,21H,3,14-15H2,1-2H3,(H2,25,26,27). The van der Waals surface area contributed by atoms with Gasteiger partial charge < -0.3 is 20.1 Å². The highest BCUT2D eigenvalue weighted by Crippen LogP contribution is 2.26. The molecule has 2 N–H and O–H groups in total. The summed E-state index contributed by atoms with van der Waals surface area (Å²) >= 11 is 0. The SMILES string of the molecule is CCNC(=NCc1cc(OC)ccc1OC(F)F)NCc1ccccc1-n1cccn1. The number of para-hydroxylation sites is 1. The third kappa shape index (κ3) is 6.18. The van der Waals surface area contributed by atoms with Gasteiger partial charge in [-0.15, -0.1) is 0 Å². The van der Waals surface area contributed by atoms with E-state index in [2.05, 4.69) is 25.5 Å². The van der Waals surface area contributed by atoms with Crippen molar-refractivity contribution in [3.8, 4) is 17.2 Å². The van der Waals surface area contributed by atoms with Gasteiger partial charge in [0.2, 0.25) is 0 Å². The molecule has 0 spiro atoms. The Kier molecular flexibility index (Phi) is 7.80. The van der Waals surface area contributed by atoms with E-state index < -0.39 is 6.61 Å². The van der Waals surface area contributed by atoms with Gasteiger partial charge in [-0.1, -0.05) is 18.2 Å². The van der Waals surface area contributed by atoms with Gasteiger partial charge in [-0.2, -0.15) is 13.9 Å². The number of aromatic nitrogens is 2. The first-order valence-electron chi connectivity index (χ1n) is 9.82. The zero-order chi connectivity index (χ0) is 22.1. The van der Waals surface area contributed by atoms with Gasteiger partial charge in [0.1, 0.15) is 11.5 Å². The number of rotatable bonds is 9. The largest absolute Gasteiger partial charge is 0.497 e. The van der Waals surface area contributed by atoms with Crippen LogP contribution in [0.15, 0.2) is 65.9 Å². The van der Waals surface area contributed by atoms with Crippen LogP contribution in [0.2, 0.25) is 0 Å². The zero-order valence-corrected chi connectivity index (χ0v) is 17.4. The van der Waals surface area contributed by atoms with Crippen LogP contribution in [-0.4, -0.2) is 36.0 Å². The van der Waals surface area contributed by atoms with Gasteiger partial charge in [-0.05, 0) is 42.8 Å². The second-order valence-electron chi connectivity index (χ2n) is 6.48. The molecule has 0 aliphatic carbocycles. The molecule has 0 bridgehead atoms. The van der Waals surface area contributed by atoms with Crippen LogP contribution in [0.25, 0.3) is 5.69 Å². The summed E-state index contributed by atoms with van der Waals surface area (Å²) in [7, 11) is 1.51. The van der Waals surface area contributed by atoms with Crippen LogP contribution in [0.1, 0.15) is 18.1 Å². The Labute approximate surface area is 179 Å². The molecule has 164 valence electrons. The van der Waals surface area contributed by atoms with E-state index in [1.807, 2.05) is 43.5 Å². The van der Waals surface area contributed by atoms with Crippen LogP contribution < -0.4 is 20.1 Å². The monoisotopic (exact) mass is 429 g/mol. The second kappa shape index (κ2) is 11.0. The molecule has 7 nitrogen and oxygen atoms in total. The van der Waals surface area contributed by atoms with E-state index in [1.54, 1.807) is 23.0 Å². The van der Waals surface area contributed by atoms with Crippen molar-refractivity contribution in [2.24, 2.45) is 4.99 Å². The third-order valence-electron chi connectivity index (χ3n) is 4.42. The highest BCUT2D eigenvalue weighted by atomic mass is 19.3. The summed E-state index contributed by atoms with van der Waals surface area (Å²) < 4.78 is 37.1. The molecule has 0 fully saturated rings. The van der Waals surface area contributed by atoms with E-state index in [0.29, 0.717) is 30.4 Å². The fraction of sp³-hybridized carbons (Fsp3) is 0.273. The van der Waals surface area contributed by atoms with Crippen molar-refractivity contribution in [3.63, 3.8) is 0 Å². The fourth-order valence-corrected chi connectivity index (χ4v) is 3.00. The van der Waals surface area contributed by atoms with E-state index in [0.717, 1.165) is 11.3 Å². The molecule has 1 aromatic heterocycles. The summed E-state index contributed by atoms with van der Waals surface area (Å²) in [6.45, 7) is 0.313. The van der Waals surface area contributed by atoms with Crippen molar-refractivity contribution in [1.82, 2.24) is 20.4 Å². The lowest BCUT2D eigenvalue weighted by molar-refractivity contribution is -0.0504. The van der Waals surface area contributed by atoms with E-state index in [4.69, 9.17) is 4.74 Å². The molecule has 0 atom stereocenters. The van der Waals surface area contributed by atoms with Crippen molar-refractivity contribution in [3.05, 3.63) is 72.1 Å². The lowest BCUT2D eigenvalue weighted by Gasteiger charge is -2.15. The number of guanidine groups is 1. The molecule has 0 aliphatic heterocycles. The number of benzene rings is 2. The van der Waals surface area contributed by atoms with Crippen molar-refractivity contribution in [2.75, 3.05) is 13.7 Å². The molecule has 0 saturated heterocycles. The number of hydrogen-bond acceptors (Lipinski definition) is 4. The summed E-state index contributed by atoms with van der Waals surface area (Å²) in [5, 5.41) is 10.7. The molecule has 2 aromatic carbocycles. The summed E-state index contributed by atoms with van der Waals surface area (Å²) in [4.78, 5) is 4.53. The number of alkyl halides is 2. The average Bonchev–Trinajstić information content (AvgIpc) is 3.31. The minimum atomic E-state index is -2.92. The molecule has 3 rings (SSSR count). The number of ether oxygens (including phenoxy) is 2. The van der Waals surface area contributed by atoms with Gasteiger partial charge >= 0.3 is 6.61 Å². The summed E-state index contributed by atoms with van der Waals surface area (Å²) in [6.07, 6.45) is 3.61. The first-order valence-corrected chi connectivity index (χ1v) is 9.82. The van der Waals surface area contributed by atoms with Crippen LogP contribution in [0.5, 0.6) is 11.5 Å². The molecular formula is C22H25F2N5O2. The molecule has 0 amide bonds. The lowest BCUT2D eigenvalue weighted by Crippen LogP contribution is -2.37. The predicted octanol–water partition coefficient (Wildman–Crippen LogP) is 3.74. The number of aliphatic imine (C=N–C) groups is 1. The molecule has 0 unspecified atom stereocenters. The van der Waals surface area contributed by atoms with Crippen LogP contribution in [0.3, 0.4) is 0 Å². The molecule has 3 aromatic rings. The number of nitrogens with zero attached hydrogens (tertiary/aromatic N) is 3. The Morgan fingerprint density at radius 1 is 1.13 bits per heavy atom. The van der Waals surface area contributed by atoms with E-state index in [-0.39, 0.29) is 12.3 Å². The maximum atomic E-state index is 12.7. The van der Waals surface area contributed by atoms with Gasteiger partial charge in [0.25, 0.3) is 0 Å². The Hall–Kier alpha value is -3.62. The van der Waals surface area contributed by atoms with Gasteiger partial charge in [0.05, 0.1) is 19.3 Å². The molecule has 31 heavy (non-hydrogen) atoms. The second-order valence-corrected chi connectivity index (χ2v) is 6.48. The van der Waals surface area contributed by atoms with Crippen molar-refractivity contribution in [2.45, 2.75) is 26.6 Å². The third-order valence-corrected chi connectivity index (χ3v) is 4.42. The maximum absolute atomic E-state index is 12.7. The Morgan fingerprint density at radius 3 is 2.68 bits per heavy atom. The summed E-state index contributed by atoms with van der Waals surface area (Å²) in [6, 6.07) is 14.4. The van der Waals surface area contributed by atoms with Gasteiger partial charge in [-0.25, -0.2) is 9.67 Å². The molecule has 1 heterocycles. The smallest absolute Gasteiger partial charge is 0.387 e. The number of methoxy groups -OCH3 is 1. The number of nitrogens with one attached hydrogen (secondary N) is 2. The highest BCUT2D eigenvalue weighted by molar-refractivity contribution is 5.79. The van der Waals surface area contributed by atoms with Crippen LogP contribution >= 0.6 is 0 Å². The minimum Gasteiger partial charge on any atom is -0.497 e. The quantitative estimate of drug-likeness (QED) is 0.401. The molecule has 0 aliphatic rings. The van der Waals surface area contributed by atoms with Crippen molar-refractivity contribution >= 4 is 5.96 Å². The van der Waals surface area contributed by atoms with E-state index >= 15 is 0 Å². The van der Waals surface area contributed by atoms with Gasteiger partial charge in [-0.3, -0.25) is 0 Å². The van der Waals surface area contributed by atoms with E-state index in [1.165, 1.54) is 13.2 Å². The normalized spacial score (nSPS) is 11.5. The zero-order valence-electron chi connectivity index (χ0n) is 17.4. The Balaban J connectivity index is 1.76. The average molecular weight is 429 g/mol. The van der Waals surface area contributed by atoms with Gasteiger partial charge in [0.15, 0.2) is 5.96 Å². The van der Waals surface area contributed by atoms with Crippen LogP contribution in [0, 0.1) is 0 Å². The molecule has 0 saturated carbocycles. The maximum Gasteiger partial charge on any atom is 0.387 e. The number of halogens is 2. The molecular weight excluding hydrogens is 404 g/mol. The summed E-state index contributed by atoms with van der Waals surface area (Å²) in [5.41, 5.74) is 2.48. The molecule has 0 radical (unpaired) electrons. The Bertz CT molecular complexity index is 993. The number of hydrogen-bond donors (Lipinski definition) is 2. The van der Waals surface area contributed by atoms with Gasteiger partial charge in [0, 0.05) is 31.0 Å². The summed E-state index contributed by atoms with van der Waals surface area (Å²) in [5.74, 6) is 1.15. The lowest BCUT2D eigenvalue weighted by atomic mass is 10.2. The fourth-order valence-electron chi connectivity index (χ4n) is 3.00. The topological polar surface area (TPSA) is 72.7 Å². The Morgan fingerprint density at radius 2 is 1.97 bits per heavy atom. The van der Waals surface area contributed by atoms with Crippen molar-refractivity contribution in [1.29, 1.82) is 0 Å².